The summed E-state index contributed by atoms with van der Waals surface area (Å²) in [7, 11) is 0. The summed E-state index contributed by atoms with van der Waals surface area (Å²) in [5.74, 6) is -0.418. The van der Waals surface area contributed by atoms with Crippen LogP contribution >= 0.6 is 23.2 Å². The Morgan fingerprint density at radius 3 is 2.54 bits per heavy atom. The number of likely N-dealkylation sites (N-methyl/N-ethyl adjacent to an activating group) is 1. The Hall–Kier alpha value is -1.30. The van der Waals surface area contributed by atoms with E-state index in [4.69, 9.17) is 28.9 Å². The number of benzene rings is 1. The molecule has 0 heterocycles. The van der Waals surface area contributed by atoms with Crippen molar-refractivity contribution in [1.82, 2.24) is 4.90 Å². The Labute approximate surface area is 152 Å². The second-order valence-corrected chi connectivity index (χ2v) is 6.94. The van der Waals surface area contributed by atoms with E-state index < -0.39 is 0 Å². The van der Waals surface area contributed by atoms with Crippen LogP contribution in [-0.4, -0.2) is 35.8 Å². The average molecular weight is 372 g/mol. The molecule has 1 aliphatic rings. The van der Waals surface area contributed by atoms with E-state index in [0.717, 1.165) is 19.3 Å². The highest BCUT2D eigenvalue weighted by Crippen LogP contribution is 2.30. The molecule has 0 spiro atoms. The maximum absolute atomic E-state index is 12.6. The van der Waals surface area contributed by atoms with Crippen LogP contribution in [0.2, 0.25) is 10.0 Å². The summed E-state index contributed by atoms with van der Waals surface area (Å²) < 4.78 is 0. The van der Waals surface area contributed by atoms with E-state index in [-0.39, 0.29) is 30.3 Å². The average Bonchev–Trinajstić information content (AvgIpc) is 2.55. The van der Waals surface area contributed by atoms with E-state index in [1.165, 1.54) is 0 Å². The Balaban J connectivity index is 1.99. The lowest BCUT2D eigenvalue weighted by Gasteiger charge is -2.30. The minimum Gasteiger partial charge on any atom is -0.333 e. The Morgan fingerprint density at radius 2 is 1.96 bits per heavy atom. The van der Waals surface area contributed by atoms with E-state index in [9.17, 15) is 9.59 Å². The van der Waals surface area contributed by atoms with Gasteiger partial charge < -0.3 is 16.0 Å². The van der Waals surface area contributed by atoms with Crippen molar-refractivity contribution in [3.8, 4) is 0 Å². The summed E-state index contributed by atoms with van der Waals surface area (Å²) in [5, 5.41) is 3.42. The molecule has 1 aromatic rings. The molecule has 7 heteroatoms. The van der Waals surface area contributed by atoms with Crippen LogP contribution in [0.25, 0.3) is 0 Å². The maximum atomic E-state index is 12.6. The Kier molecular flexibility index (Phi) is 6.90. The van der Waals surface area contributed by atoms with Gasteiger partial charge in [-0.25, -0.2) is 0 Å². The lowest BCUT2D eigenvalue weighted by atomic mass is 9.85. The van der Waals surface area contributed by atoms with E-state index in [2.05, 4.69) is 5.32 Å². The van der Waals surface area contributed by atoms with Crippen LogP contribution in [0.4, 0.5) is 5.69 Å². The minimum atomic E-state index is -0.319. The molecule has 1 aromatic carbocycles. The number of nitrogens with two attached hydrogens (primary N) is 1. The summed E-state index contributed by atoms with van der Waals surface area (Å²) in [5.41, 5.74) is 6.33. The zero-order chi connectivity index (χ0) is 17.7. The summed E-state index contributed by atoms with van der Waals surface area (Å²) in [6.45, 7) is 2.30. The van der Waals surface area contributed by atoms with Crippen LogP contribution in [0, 0.1) is 5.92 Å². The third-order valence-corrected chi connectivity index (χ3v) is 4.95. The molecule has 2 atom stereocenters. The van der Waals surface area contributed by atoms with Crippen LogP contribution in [0.15, 0.2) is 18.2 Å². The molecule has 0 bridgehead atoms. The fourth-order valence-corrected chi connectivity index (χ4v) is 3.52. The molecule has 2 unspecified atom stereocenters. The first-order valence-corrected chi connectivity index (χ1v) is 8.96. The van der Waals surface area contributed by atoms with Gasteiger partial charge in [-0.1, -0.05) is 35.7 Å². The number of rotatable bonds is 5. The topological polar surface area (TPSA) is 75.4 Å². The van der Waals surface area contributed by atoms with E-state index in [1.807, 2.05) is 6.92 Å². The number of nitrogens with one attached hydrogen (secondary N) is 1. The van der Waals surface area contributed by atoms with Gasteiger partial charge in [0.05, 0.1) is 22.3 Å². The molecular formula is C17H23Cl2N3O2. The van der Waals surface area contributed by atoms with Crippen molar-refractivity contribution in [2.45, 2.75) is 38.6 Å². The minimum absolute atomic E-state index is 0.00643. The number of hydrogen-bond acceptors (Lipinski definition) is 3. The van der Waals surface area contributed by atoms with Crippen LogP contribution in [0.1, 0.15) is 32.6 Å². The Bertz CT molecular complexity index is 589. The standard InChI is InChI=1S/C17H23Cl2N3O2/c1-2-22(17(24)11-5-3-6-12(20)9-11)10-15(23)21-16-13(18)7-4-8-14(16)19/h4,7-8,11-12H,2-3,5-6,9-10,20H2,1H3,(H,21,23). The molecule has 5 nitrogen and oxygen atoms in total. The molecule has 0 aliphatic heterocycles. The van der Waals surface area contributed by atoms with Crippen molar-refractivity contribution < 1.29 is 9.59 Å². The van der Waals surface area contributed by atoms with E-state index in [1.54, 1.807) is 23.1 Å². The monoisotopic (exact) mass is 371 g/mol. The van der Waals surface area contributed by atoms with Gasteiger partial charge in [0.25, 0.3) is 0 Å². The number of hydrogen-bond donors (Lipinski definition) is 2. The molecule has 132 valence electrons. The van der Waals surface area contributed by atoms with Gasteiger partial charge in [-0.3, -0.25) is 9.59 Å². The van der Waals surface area contributed by atoms with Crippen LogP contribution in [0.3, 0.4) is 0 Å². The quantitative estimate of drug-likeness (QED) is 0.833. The predicted octanol–water partition coefficient (Wildman–Crippen LogP) is 3.30. The van der Waals surface area contributed by atoms with Crippen LogP contribution < -0.4 is 11.1 Å². The molecule has 2 amide bonds. The van der Waals surface area contributed by atoms with Crippen molar-refractivity contribution in [2.75, 3.05) is 18.4 Å². The second-order valence-electron chi connectivity index (χ2n) is 6.12. The number of carbonyl (C=O) groups is 2. The van der Waals surface area contributed by atoms with Gasteiger partial charge in [-0.2, -0.15) is 0 Å². The van der Waals surface area contributed by atoms with Gasteiger partial charge in [0.2, 0.25) is 11.8 Å². The van der Waals surface area contributed by atoms with Crippen molar-refractivity contribution in [2.24, 2.45) is 11.7 Å². The fraction of sp³-hybridized carbons (Fsp3) is 0.529. The fourth-order valence-electron chi connectivity index (χ4n) is 3.03. The Morgan fingerprint density at radius 1 is 1.29 bits per heavy atom. The maximum Gasteiger partial charge on any atom is 0.244 e. The van der Waals surface area contributed by atoms with Crippen LogP contribution in [0.5, 0.6) is 0 Å². The first-order valence-electron chi connectivity index (χ1n) is 8.20. The second kappa shape index (κ2) is 8.70. The zero-order valence-corrected chi connectivity index (χ0v) is 15.2. The molecule has 0 radical (unpaired) electrons. The van der Waals surface area contributed by atoms with Crippen molar-refractivity contribution in [3.05, 3.63) is 28.2 Å². The summed E-state index contributed by atoms with van der Waals surface area (Å²) in [6.07, 6.45) is 3.44. The number of anilines is 1. The first kappa shape index (κ1) is 19.0. The van der Waals surface area contributed by atoms with Gasteiger partial charge in [0.15, 0.2) is 0 Å². The number of nitrogens with zero attached hydrogens (tertiary/aromatic N) is 1. The van der Waals surface area contributed by atoms with E-state index >= 15 is 0 Å². The molecular weight excluding hydrogens is 349 g/mol. The molecule has 1 aliphatic carbocycles. The largest absolute Gasteiger partial charge is 0.333 e. The van der Waals surface area contributed by atoms with E-state index in [0.29, 0.717) is 28.7 Å². The van der Waals surface area contributed by atoms with Gasteiger partial charge in [-0.05, 0) is 38.3 Å². The van der Waals surface area contributed by atoms with Gasteiger partial charge in [0.1, 0.15) is 0 Å². The lowest BCUT2D eigenvalue weighted by Crippen LogP contribution is -2.43. The summed E-state index contributed by atoms with van der Waals surface area (Å²) in [6, 6.07) is 5.07. The molecule has 1 fully saturated rings. The van der Waals surface area contributed by atoms with Crippen molar-refractivity contribution >= 4 is 40.7 Å². The molecule has 24 heavy (non-hydrogen) atoms. The smallest absolute Gasteiger partial charge is 0.244 e. The number of halogens is 2. The highest BCUT2D eigenvalue weighted by atomic mass is 35.5. The number of amides is 2. The third-order valence-electron chi connectivity index (χ3n) is 4.32. The number of para-hydroxylation sites is 1. The van der Waals surface area contributed by atoms with Gasteiger partial charge in [0, 0.05) is 18.5 Å². The molecule has 0 saturated heterocycles. The highest BCUT2D eigenvalue weighted by Gasteiger charge is 2.29. The molecule has 3 N–H and O–H groups in total. The van der Waals surface area contributed by atoms with Gasteiger partial charge >= 0.3 is 0 Å². The zero-order valence-electron chi connectivity index (χ0n) is 13.7. The van der Waals surface area contributed by atoms with Gasteiger partial charge in [-0.15, -0.1) is 0 Å². The molecule has 2 rings (SSSR count). The van der Waals surface area contributed by atoms with Crippen molar-refractivity contribution in [1.29, 1.82) is 0 Å². The normalized spacial score (nSPS) is 20.5. The summed E-state index contributed by atoms with van der Waals surface area (Å²) >= 11 is 12.1. The van der Waals surface area contributed by atoms with Crippen LogP contribution in [-0.2, 0) is 9.59 Å². The van der Waals surface area contributed by atoms with Crippen molar-refractivity contribution in [3.63, 3.8) is 0 Å². The highest BCUT2D eigenvalue weighted by molar-refractivity contribution is 6.39. The SMILES string of the molecule is CCN(CC(=O)Nc1c(Cl)cccc1Cl)C(=O)C1CCCC(N)C1. The molecule has 1 saturated carbocycles. The lowest BCUT2D eigenvalue weighted by molar-refractivity contribution is -0.139. The summed E-state index contributed by atoms with van der Waals surface area (Å²) in [4.78, 5) is 26.5. The first-order chi connectivity index (χ1) is 11.4. The predicted molar refractivity (Wildman–Crippen MR) is 97.3 cm³/mol. The molecule has 0 aromatic heterocycles. The number of carbonyl (C=O) groups excluding carboxylic acids is 2. The third kappa shape index (κ3) is 4.85.